The molecule has 2 atom stereocenters. The van der Waals surface area contributed by atoms with Crippen LogP contribution in [-0.4, -0.2) is 52.1 Å². The number of methoxy groups -OCH3 is 1. The summed E-state index contributed by atoms with van der Waals surface area (Å²) in [7, 11) is -0.319. The normalized spacial score (nSPS) is 29.3. The summed E-state index contributed by atoms with van der Waals surface area (Å²) in [5, 5.41) is 0. The summed E-state index contributed by atoms with van der Waals surface area (Å²) >= 11 is 0. The van der Waals surface area contributed by atoms with E-state index in [1.807, 2.05) is 0 Å². The predicted molar refractivity (Wildman–Crippen MR) is 57.6 cm³/mol. The molecule has 0 radical (unpaired) electrons. The Balaban J connectivity index is 2.75. The molecule has 7 heteroatoms. The highest BCUT2D eigenvalue weighted by Crippen LogP contribution is 2.21. The fourth-order valence-electron chi connectivity index (χ4n) is 1.85. The quantitative estimate of drug-likeness (QED) is 0.649. The van der Waals surface area contributed by atoms with Crippen molar-refractivity contribution in [2.24, 2.45) is 5.73 Å². The van der Waals surface area contributed by atoms with Crippen LogP contribution in [0.3, 0.4) is 0 Å². The molecule has 0 spiro atoms. The molecule has 0 bridgehead atoms. The maximum Gasteiger partial charge on any atom is 0.279 e. The molecule has 6 nitrogen and oxygen atoms in total. The highest BCUT2D eigenvalue weighted by atomic mass is 32.2. The molecular formula is C8H19N3O3S. The molecule has 15 heavy (non-hydrogen) atoms. The van der Waals surface area contributed by atoms with E-state index < -0.39 is 10.2 Å². The van der Waals surface area contributed by atoms with Gasteiger partial charge in [-0.25, -0.2) is 4.72 Å². The number of nitrogens with zero attached hydrogens (tertiary/aromatic N) is 1. The largest absolute Gasteiger partial charge is 0.381 e. The van der Waals surface area contributed by atoms with Crippen molar-refractivity contribution in [2.75, 3.05) is 27.2 Å². The van der Waals surface area contributed by atoms with Gasteiger partial charge >= 0.3 is 0 Å². The molecule has 1 saturated heterocycles. The summed E-state index contributed by atoms with van der Waals surface area (Å²) in [4.78, 5) is 0. The van der Waals surface area contributed by atoms with Crippen LogP contribution in [0, 0.1) is 0 Å². The van der Waals surface area contributed by atoms with Crippen LogP contribution in [-0.2, 0) is 14.9 Å². The summed E-state index contributed by atoms with van der Waals surface area (Å²) in [6, 6.07) is -0.166. The van der Waals surface area contributed by atoms with E-state index in [-0.39, 0.29) is 12.1 Å². The van der Waals surface area contributed by atoms with Crippen LogP contribution < -0.4 is 10.5 Å². The number of nitrogens with one attached hydrogen (secondary N) is 1. The summed E-state index contributed by atoms with van der Waals surface area (Å²) in [6.07, 6.45) is 1.49. The van der Waals surface area contributed by atoms with Crippen molar-refractivity contribution >= 4 is 10.2 Å². The van der Waals surface area contributed by atoms with E-state index in [1.54, 1.807) is 7.11 Å². The number of piperidine rings is 1. The van der Waals surface area contributed by atoms with Crippen molar-refractivity contribution in [2.45, 2.75) is 25.0 Å². The van der Waals surface area contributed by atoms with Gasteiger partial charge in [0.05, 0.1) is 6.10 Å². The summed E-state index contributed by atoms with van der Waals surface area (Å²) in [6.45, 7) is 0.782. The fraction of sp³-hybridized carbons (Fsp3) is 1.00. The molecule has 0 aromatic carbocycles. The maximum absolute atomic E-state index is 11.6. The first-order chi connectivity index (χ1) is 7.05. The van der Waals surface area contributed by atoms with Crippen LogP contribution in [0.15, 0.2) is 0 Å². The number of nitrogens with two attached hydrogens (primary N) is 1. The zero-order chi connectivity index (χ0) is 11.5. The first-order valence-electron chi connectivity index (χ1n) is 4.98. The standard InChI is InChI=1S/C8H19N3O3S/c1-10-15(12,13)11-4-3-8(14-2)5-7(11)6-9/h7-8,10H,3-6,9H2,1-2H3. The minimum atomic E-state index is -3.37. The van der Waals surface area contributed by atoms with Gasteiger partial charge in [0.1, 0.15) is 0 Å². The first kappa shape index (κ1) is 12.9. The van der Waals surface area contributed by atoms with E-state index in [1.165, 1.54) is 11.4 Å². The lowest BCUT2D eigenvalue weighted by molar-refractivity contribution is 0.0399. The van der Waals surface area contributed by atoms with Gasteiger partial charge in [0.2, 0.25) is 0 Å². The van der Waals surface area contributed by atoms with E-state index in [0.717, 1.165) is 0 Å². The van der Waals surface area contributed by atoms with E-state index in [9.17, 15) is 8.42 Å². The van der Waals surface area contributed by atoms with Gasteiger partial charge in [-0.05, 0) is 12.8 Å². The van der Waals surface area contributed by atoms with Crippen molar-refractivity contribution in [3.05, 3.63) is 0 Å². The smallest absolute Gasteiger partial charge is 0.279 e. The third-order valence-electron chi connectivity index (χ3n) is 2.79. The summed E-state index contributed by atoms with van der Waals surface area (Å²) in [5.41, 5.74) is 5.57. The molecule has 0 aromatic heterocycles. The van der Waals surface area contributed by atoms with Crippen molar-refractivity contribution < 1.29 is 13.2 Å². The SMILES string of the molecule is CNS(=O)(=O)N1CCC(OC)CC1CN. The molecule has 0 aromatic rings. The van der Waals surface area contributed by atoms with Crippen molar-refractivity contribution in [1.29, 1.82) is 0 Å². The lowest BCUT2D eigenvalue weighted by atomic mass is 10.0. The van der Waals surface area contributed by atoms with Crippen LogP contribution in [0.25, 0.3) is 0 Å². The van der Waals surface area contributed by atoms with Gasteiger partial charge in [0.25, 0.3) is 10.2 Å². The second kappa shape index (κ2) is 5.22. The van der Waals surface area contributed by atoms with Crippen LogP contribution in [0.4, 0.5) is 0 Å². The van der Waals surface area contributed by atoms with Gasteiger partial charge < -0.3 is 10.5 Å². The van der Waals surface area contributed by atoms with Gasteiger partial charge in [-0.2, -0.15) is 12.7 Å². The average molecular weight is 237 g/mol. The highest BCUT2D eigenvalue weighted by molar-refractivity contribution is 7.87. The Bertz CT molecular complexity index is 294. The van der Waals surface area contributed by atoms with Crippen molar-refractivity contribution in [3.8, 4) is 0 Å². The lowest BCUT2D eigenvalue weighted by Gasteiger charge is -2.36. The maximum atomic E-state index is 11.6. The number of rotatable bonds is 4. The van der Waals surface area contributed by atoms with Crippen molar-refractivity contribution in [3.63, 3.8) is 0 Å². The lowest BCUT2D eigenvalue weighted by Crippen LogP contribution is -2.53. The Kier molecular flexibility index (Phi) is 4.47. The first-order valence-corrected chi connectivity index (χ1v) is 6.42. The van der Waals surface area contributed by atoms with Gasteiger partial charge in [0, 0.05) is 33.3 Å². The molecule has 1 aliphatic rings. The molecule has 1 aliphatic heterocycles. The minimum Gasteiger partial charge on any atom is -0.381 e. The molecule has 0 saturated carbocycles. The summed E-state index contributed by atoms with van der Waals surface area (Å²) in [5.74, 6) is 0. The van der Waals surface area contributed by atoms with Crippen LogP contribution in [0.1, 0.15) is 12.8 Å². The Hall–Kier alpha value is -0.210. The van der Waals surface area contributed by atoms with E-state index in [0.29, 0.717) is 25.9 Å². The topological polar surface area (TPSA) is 84.7 Å². The Morgan fingerprint density at radius 1 is 1.60 bits per heavy atom. The van der Waals surface area contributed by atoms with E-state index in [4.69, 9.17) is 10.5 Å². The molecule has 90 valence electrons. The predicted octanol–water partition coefficient (Wildman–Crippen LogP) is -1.11. The number of ether oxygens (including phenoxy) is 1. The number of hydrogen-bond acceptors (Lipinski definition) is 4. The highest BCUT2D eigenvalue weighted by Gasteiger charge is 2.34. The van der Waals surface area contributed by atoms with Gasteiger partial charge in [-0.3, -0.25) is 0 Å². The second-order valence-electron chi connectivity index (χ2n) is 3.59. The van der Waals surface area contributed by atoms with Crippen LogP contribution in [0.5, 0.6) is 0 Å². The van der Waals surface area contributed by atoms with E-state index >= 15 is 0 Å². The summed E-state index contributed by atoms with van der Waals surface area (Å²) < 4.78 is 32.2. The van der Waals surface area contributed by atoms with E-state index in [2.05, 4.69) is 4.72 Å². The van der Waals surface area contributed by atoms with Crippen LogP contribution in [0.2, 0.25) is 0 Å². The Labute approximate surface area is 90.9 Å². The van der Waals surface area contributed by atoms with Crippen molar-refractivity contribution in [1.82, 2.24) is 9.03 Å². The molecule has 0 aliphatic carbocycles. The molecule has 3 N–H and O–H groups in total. The average Bonchev–Trinajstić information content (AvgIpc) is 2.28. The molecule has 2 unspecified atom stereocenters. The van der Waals surface area contributed by atoms with Crippen LogP contribution >= 0.6 is 0 Å². The van der Waals surface area contributed by atoms with Gasteiger partial charge in [-0.15, -0.1) is 0 Å². The monoisotopic (exact) mass is 237 g/mol. The molecule has 0 amide bonds. The zero-order valence-corrected chi connectivity index (χ0v) is 9.96. The molecule has 1 heterocycles. The number of hydrogen-bond donors (Lipinski definition) is 2. The van der Waals surface area contributed by atoms with Gasteiger partial charge in [0.15, 0.2) is 0 Å². The molecule has 1 fully saturated rings. The zero-order valence-electron chi connectivity index (χ0n) is 9.14. The van der Waals surface area contributed by atoms with Gasteiger partial charge in [-0.1, -0.05) is 0 Å². The minimum absolute atomic E-state index is 0.113. The molecule has 1 rings (SSSR count). The Morgan fingerprint density at radius 2 is 2.27 bits per heavy atom. The third kappa shape index (κ3) is 2.88. The second-order valence-corrected chi connectivity index (χ2v) is 5.42. The Morgan fingerprint density at radius 3 is 2.73 bits per heavy atom. The third-order valence-corrected chi connectivity index (χ3v) is 4.40. The fourth-order valence-corrected chi connectivity index (χ4v) is 3.00. The molecular weight excluding hydrogens is 218 g/mol.